The lowest BCUT2D eigenvalue weighted by Gasteiger charge is -2.42. The van der Waals surface area contributed by atoms with Gasteiger partial charge in [-0.15, -0.1) is 0 Å². The number of aryl methyl sites for hydroxylation is 1. The molecular weight excluding hydrogens is 348 g/mol. The number of amides is 1. The minimum Gasteiger partial charge on any atom is -0.450 e. The molecule has 4 nitrogen and oxygen atoms in total. The summed E-state index contributed by atoms with van der Waals surface area (Å²) in [5.41, 5.74) is 3.67. The Bertz CT molecular complexity index is 725. The second-order valence-corrected chi connectivity index (χ2v) is 9.46. The molecule has 2 heterocycles. The predicted octanol–water partition coefficient (Wildman–Crippen LogP) is 4.37. The molecule has 1 saturated carbocycles. The molecule has 0 N–H and O–H groups in total. The number of carbonyl (C=O) groups is 1. The summed E-state index contributed by atoms with van der Waals surface area (Å²) in [4.78, 5) is 17.2. The SMILES string of the molecule is CCOC(=O)N1CCCC2CC(N3CCC4(CCc5ccccc54)CC3)CC21. The Morgan fingerprint density at radius 2 is 1.96 bits per heavy atom. The minimum absolute atomic E-state index is 0.0852. The molecule has 1 aromatic rings. The summed E-state index contributed by atoms with van der Waals surface area (Å²) in [6.45, 7) is 5.70. The van der Waals surface area contributed by atoms with Crippen molar-refractivity contribution in [1.29, 1.82) is 0 Å². The molecule has 4 heteroatoms. The van der Waals surface area contributed by atoms with E-state index in [1.165, 1.54) is 51.6 Å². The number of hydrogen-bond acceptors (Lipinski definition) is 3. The van der Waals surface area contributed by atoms with Crippen LogP contribution in [0.2, 0.25) is 0 Å². The lowest BCUT2D eigenvalue weighted by molar-refractivity contribution is 0.0633. The van der Waals surface area contributed by atoms with Gasteiger partial charge in [-0.3, -0.25) is 0 Å². The van der Waals surface area contributed by atoms with E-state index >= 15 is 0 Å². The molecule has 3 fully saturated rings. The highest BCUT2D eigenvalue weighted by Gasteiger charge is 2.47. The molecule has 0 bridgehead atoms. The Morgan fingerprint density at radius 1 is 1.14 bits per heavy atom. The highest BCUT2D eigenvalue weighted by molar-refractivity contribution is 5.68. The summed E-state index contributed by atoms with van der Waals surface area (Å²) in [7, 11) is 0. The van der Waals surface area contributed by atoms with E-state index in [4.69, 9.17) is 4.74 Å². The van der Waals surface area contributed by atoms with Crippen LogP contribution in [-0.2, 0) is 16.6 Å². The van der Waals surface area contributed by atoms with Crippen molar-refractivity contribution in [2.24, 2.45) is 5.92 Å². The summed E-state index contributed by atoms with van der Waals surface area (Å²) in [5, 5.41) is 0. The van der Waals surface area contributed by atoms with Crippen LogP contribution in [-0.4, -0.2) is 54.2 Å². The van der Waals surface area contributed by atoms with E-state index in [2.05, 4.69) is 34.1 Å². The van der Waals surface area contributed by atoms with Crippen LogP contribution >= 0.6 is 0 Å². The lowest BCUT2D eigenvalue weighted by atomic mass is 9.73. The van der Waals surface area contributed by atoms with Crippen LogP contribution in [0.5, 0.6) is 0 Å². The Labute approximate surface area is 169 Å². The van der Waals surface area contributed by atoms with Gasteiger partial charge in [0.05, 0.1) is 6.61 Å². The van der Waals surface area contributed by atoms with Gasteiger partial charge in [-0.1, -0.05) is 24.3 Å². The third kappa shape index (κ3) is 3.04. The topological polar surface area (TPSA) is 32.8 Å². The van der Waals surface area contributed by atoms with E-state index in [-0.39, 0.29) is 6.09 Å². The summed E-state index contributed by atoms with van der Waals surface area (Å²) >= 11 is 0. The fourth-order valence-electron chi connectivity index (χ4n) is 6.79. The van der Waals surface area contributed by atoms with Crippen molar-refractivity contribution < 1.29 is 9.53 Å². The molecule has 5 rings (SSSR count). The molecule has 0 aromatic heterocycles. The number of nitrogens with zero attached hydrogens (tertiary/aromatic N) is 2. The van der Waals surface area contributed by atoms with Crippen LogP contribution in [0.25, 0.3) is 0 Å². The van der Waals surface area contributed by atoms with Crippen molar-refractivity contribution in [1.82, 2.24) is 9.80 Å². The maximum absolute atomic E-state index is 12.4. The van der Waals surface area contributed by atoms with Crippen LogP contribution in [0.1, 0.15) is 63.0 Å². The molecule has 2 aliphatic carbocycles. The standard InChI is InChI=1S/C24H34N2O2/c1-2-28-23(27)26-13-5-7-19-16-20(17-22(19)26)25-14-11-24(12-15-25)10-9-18-6-3-4-8-21(18)24/h3-4,6,8,19-20,22H,2,5,7,9-17H2,1H3. The number of hydrogen-bond donors (Lipinski definition) is 0. The smallest absolute Gasteiger partial charge is 0.410 e. The van der Waals surface area contributed by atoms with E-state index in [9.17, 15) is 4.79 Å². The van der Waals surface area contributed by atoms with Crippen LogP contribution in [0.4, 0.5) is 4.79 Å². The first kappa shape index (κ1) is 18.5. The molecule has 0 radical (unpaired) electrons. The molecule has 1 spiro atoms. The first-order chi connectivity index (χ1) is 13.7. The van der Waals surface area contributed by atoms with Crippen molar-refractivity contribution >= 4 is 6.09 Å². The molecule has 2 saturated heterocycles. The summed E-state index contributed by atoms with van der Waals surface area (Å²) in [5.74, 6) is 0.672. The molecular formula is C24H34N2O2. The third-order valence-corrected chi connectivity index (χ3v) is 8.24. The minimum atomic E-state index is -0.0852. The zero-order chi connectivity index (χ0) is 19.1. The van der Waals surface area contributed by atoms with Gasteiger partial charge in [-0.25, -0.2) is 4.79 Å². The first-order valence-electron chi connectivity index (χ1n) is 11.5. The van der Waals surface area contributed by atoms with Gasteiger partial charge in [-0.05, 0) is 93.8 Å². The monoisotopic (exact) mass is 382 g/mol. The number of benzene rings is 1. The average Bonchev–Trinajstić information content (AvgIpc) is 3.31. The van der Waals surface area contributed by atoms with Gasteiger partial charge in [0, 0.05) is 18.6 Å². The maximum Gasteiger partial charge on any atom is 0.410 e. The van der Waals surface area contributed by atoms with Crippen LogP contribution in [0.15, 0.2) is 24.3 Å². The van der Waals surface area contributed by atoms with Gasteiger partial charge >= 0.3 is 6.09 Å². The van der Waals surface area contributed by atoms with Crippen molar-refractivity contribution in [3.05, 3.63) is 35.4 Å². The summed E-state index contributed by atoms with van der Waals surface area (Å²) < 4.78 is 5.34. The fourth-order valence-corrected chi connectivity index (χ4v) is 6.79. The van der Waals surface area contributed by atoms with E-state index in [0.29, 0.717) is 30.0 Å². The van der Waals surface area contributed by atoms with Gasteiger partial charge in [0.1, 0.15) is 0 Å². The Balaban J connectivity index is 1.24. The van der Waals surface area contributed by atoms with E-state index < -0.39 is 0 Å². The van der Waals surface area contributed by atoms with Gasteiger partial charge in [-0.2, -0.15) is 0 Å². The maximum atomic E-state index is 12.4. The van der Waals surface area contributed by atoms with E-state index in [1.807, 2.05) is 6.92 Å². The number of fused-ring (bicyclic) bond motifs is 3. The number of carbonyl (C=O) groups excluding carboxylic acids is 1. The zero-order valence-electron chi connectivity index (χ0n) is 17.2. The molecule has 28 heavy (non-hydrogen) atoms. The molecule has 1 aromatic carbocycles. The van der Waals surface area contributed by atoms with Gasteiger partial charge < -0.3 is 14.5 Å². The number of piperidine rings is 2. The largest absolute Gasteiger partial charge is 0.450 e. The molecule has 3 atom stereocenters. The Kier molecular flexibility index (Phi) is 4.86. The van der Waals surface area contributed by atoms with Crippen molar-refractivity contribution in [2.45, 2.75) is 75.8 Å². The first-order valence-corrected chi connectivity index (χ1v) is 11.5. The second-order valence-electron chi connectivity index (χ2n) is 9.46. The summed E-state index contributed by atoms with van der Waals surface area (Å²) in [6, 6.07) is 10.2. The second kappa shape index (κ2) is 7.37. The zero-order valence-corrected chi connectivity index (χ0v) is 17.2. The van der Waals surface area contributed by atoms with Crippen LogP contribution < -0.4 is 0 Å². The number of likely N-dealkylation sites (tertiary alicyclic amines) is 2. The molecule has 4 aliphatic rings. The predicted molar refractivity (Wildman–Crippen MR) is 111 cm³/mol. The van der Waals surface area contributed by atoms with Crippen LogP contribution in [0.3, 0.4) is 0 Å². The average molecular weight is 383 g/mol. The lowest BCUT2D eigenvalue weighted by Crippen LogP contribution is -2.47. The Hall–Kier alpha value is -1.55. The van der Waals surface area contributed by atoms with Crippen molar-refractivity contribution in [3.8, 4) is 0 Å². The summed E-state index contributed by atoms with van der Waals surface area (Å²) in [6.07, 6.45) is 9.95. The quantitative estimate of drug-likeness (QED) is 0.762. The van der Waals surface area contributed by atoms with Gasteiger partial charge in [0.2, 0.25) is 0 Å². The fraction of sp³-hybridized carbons (Fsp3) is 0.708. The van der Waals surface area contributed by atoms with Crippen molar-refractivity contribution in [3.63, 3.8) is 0 Å². The molecule has 152 valence electrons. The molecule has 2 aliphatic heterocycles. The molecule has 1 amide bonds. The normalized spacial score (nSPS) is 31.6. The van der Waals surface area contributed by atoms with E-state index in [1.54, 1.807) is 11.1 Å². The van der Waals surface area contributed by atoms with Crippen LogP contribution in [0, 0.1) is 5.92 Å². The van der Waals surface area contributed by atoms with Gasteiger partial charge in [0.15, 0.2) is 0 Å². The number of ether oxygens (including phenoxy) is 1. The van der Waals surface area contributed by atoms with Gasteiger partial charge in [0.25, 0.3) is 0 Å². The highest BCUT2D eigenvalue weighted by atomic mass is 16.6. The molecule has 3 unspecified atom stereocenters. The van der Waals surface area contributed by atoms with Crippen molar-refractivity contribution in [2.75, 3.05) is 26.2 Å². The Morgan fingerprint density at radius 3 is 2.79 bits per heavy atom. The third-order valence-electron chi connectivity index (χ3n) is 8.24. The highest BCUT2D eigenvalue weighted by Crippen LogP contribution is 2.48. The van der Waals surface area contributed by atoms with E-state index in [0.717, 1.165) is 19.4 Å². The number of rotatable bonds is 2.